The van der Waals surface area contributed by atoms with E-state index in [-0.39, 0.29) is 70.2 Å². The second-order valence-electron chi connectivity index (χ2n) is 9.47. The summed E-state index contributed by atoms with van der Waals surface area (Å²) in [4.78, 5) is 8.70. The summed E-state index contributed by atoms with van der Waals surface area (Å²) in [6.07, 6.45) is 1.08. The van der Waals surface area contributed by atoms with Gasteiger partial charge in [0.25, 0.3) is 0 Å². The summed E-state index contributed by atoms with van der Waals surface area (Å²) in [5.41, 5.74) is -2.19. The Morgan fingerprint density at radius 2 is 1.27 bits per heavy atom. The molecule has 0 amide bonds. The van der Waals surface area contributed by atoms with E-state index in [0.29, 0.717) is 0 Å². The summed E-state index contributed by atoms with van der Waals surface area (Å²) in [6, 6.07) is -8.25. The molecule has 6 aromatic carbocycles. The van der Waals surface area contributed by atoms with Gasteiger partial charge in [-0.2, -0.15) is 0 Å². The third-order valence-corrected chi connectivity index (χ3v) is 8.09. The minimum Gasteiger partial charge on any atom is -0.452 e. The number of hydrogen-bond acceptors (Lipinski definition) is 4. The first-order valence-corrected chi connectivity index (χ1v) is 13.8. The van der Waals surface area contributed by atoms with E-state index in [1.807, 2.05) is 0 Å². The molecule has 3 heterocycles. The Hall–Kier alpha value is -5.58. The van der Waals surface area contributed by atoms with Crippen molar-refractivity contribution in [2.45, 2.75) is 0 Å². The monoisotopic (exact) mass is 600 g/mol. The molecule has 0 radical (unpaired) electrons. The highest BCUT2D eigenvalue weighted by Gasteiger charge is 2.17. The van der Waals surface area contributed by atoms with Gasteiger partial charge in [-0.05, 0) is 63.6 Å². The number of fused-ring (bicyclic) bond motifs is 6. The van der Waals surface area contributed by atoms with Gasteiger partial charge in [0.05, 0.1) is 27.4 Å². The first-order chi connectivity index (χ1) is 30.1. The lowest BCUT2D eigenvalue weighted by molar-refractivity contribution is 0.667. The van der Waals surface area contributed by atoms with Crippen molar-refractivity contribution in [1.82, 2.24) is 9.97 Å². The Kier molecular flexibility index (Phi) is 2.77. The van der Waals surface area contributed by atoms with Crippen LogP contribution < -0.4 is 0 Å². The standard InChI is InChI=1S/C40H24N2OS/c1-2-9-25(10-3-1)26-11-6-12-27(21-26)28-19-20-35-34(23-28)38-39(43-35)37(41-24-42-38)30-14-7-13-29(22-30)31-16-8-17-33-32-15-4-5-18-36(32)44-40(31)33/h1-24H/i1D,2D,3D,4D,5D,6D,7D,8D,9D,10D,11D,12D,13D,14D,15D,16D,17D,18D,21D,22D. The maximum Gasteiger partial charge on any atom is 0.180 e. The molecule has 4 heteroatoms. The van der Waals surface area contributed by atoms with Gasteiger partial charge in [0.15, 0.2) is 5.58 Å². The minimum atomic E-state index is -0.717. The molecule has 0 saturated heterocycles. The fourth-order valence-corrected chi connectivity index (χ4v) is 6.06. The van der Waals surface area contributed by atoms with E-state index in [0.717, 1.165) is 17.7 Å². The van der Waals surface area contributed by atoms with Crippen LogP contribution in [0.3, 0.4) is 0 Å². The second-order valence-corrected chi connectivity index (χ2v) is 10.5. The highest BCUT2D eigenvalue weighted by molar-refractivity contribution is 7.26. The molecule has 9 aromatic rings. The number of hydrogen-bond donors (Lipinski definition) is 0. The van der Waals surface area contributed by atoms with E-state index in [1.54, 1.807) is 0 Å². The van der Waals surface area contributed by atoms with Gasteiger partial charge in [0.2, 0.25) is 0 Å². The lowest BCUT2D eigenvalue weighted by atomic mass is 9.98. The van der Waals surface area contributed by atoms with Crippen molar-refractivity contribution < 1.29 is 31.8 Å². The van der Waals surface area contributed by atoms with E-state index in [1.165, 1.54) is 18.2 Å². The maximum atomic E-state index is 9.50. The number of benzene rings is 6. The molecule has 0 aliphatic heterocycles. The zero-order valence-electron chi connectivity index (χ0n) is 42.0. The zero-order chi connectivity index (χ0) is 46.4. The molecular weight excluding hydrogens is 557 g/mol. The van der Waals surface area contributed by atoms with Gasteiger partial charge in [-0.25, -0.2) is 9.97 Å². The summed E-state index contributed by atoms with van der Waals surface area (Å²) in [7, 11) is 0. The molecule has 9 rings (SSSR count). The Morgan fingerprint density at radius 3 is 2.18 bits per heavy atom. The van der Waals surface area contributed by atoms with Crippen molar-refractivity contribution in [2.24, 2.45) is 0 Å². The van der Waals surface area contributed by atoms with Crippen LogP contribution in [0.25, 0.3) is 86.9 Å². The van der Waals surface area contributed by atoms with E-state index in [9.17, 15) is 1.37 Å². The quantitative estimate of drug-likeness (QED) is 0.202. The highest BCUT2D eigenvalue weighted by Crippen LogP contribution is 2.41. The fourth-order valence-electron chi connectivity index (χ4n) is 4.99. The average Bonchev–Trinajstić information content (AvgIpc) is 3.86. The van der Waals surface area contributed by atoms with Gasteiger partial charge < -0.3 is 4.42 Å². The van der Waals surface area contributed by atoms with Crippen LogP contribution in [0.15, 0.2) is 150 Å². The molecule has 0 aliphatic carbocycles. The number of rotatable bonds is 4. The second kappa shape index (κ2) is 10.0. The Balaban J connectivity index is 1.29. The van der Waals surface area contributed by atoms with Crippen molar-refractivity contribution in [3.05, 3.63) is 145 Å². The van der Waals surface area contributed by atoms with Crippen molar-refractivity contribution in [1.29, 1.82) is 0 Å². The first kappa shape index (κ1) is 12.2. The fraction of sp³-hybridized carbons (Fsp3) is 0. The van der Waals surface area contributed by atoms with Crippen LogP contribution in [-0.4, -0.2) is 9.97 Å². The molecule has 0 saturated carbocycles. The van der Waals surface area contributed by atoms with Gasteiger partial charge in [0, 0.05) is 31.1 Å². The molecule has 206 valence electrons. The average molecular weight is 601 g/mol. The Morgan fingerprint density at radius 1 is 0.568 bits per heavy atom. The molecule has 44 heavy (non-hydrogen) atoms. The maximum absolute atomic E-state index is 9.50. The Bertz CT molecular complexity index is 3610. The third kappa shape index (κ3) is 4.03. The Labute approximate surface area is 285 Å². The number of aromatic nitrogens is 2. The van der Waals surface area contributed by atoms with Crippen LogP contribution in [-0.2, 0) is 0 Å². The van der Waals surface area contributed by atoms with Crippen LogP contribution >= 0.6 is 11.3 Å². The van der Waals surface area contributed by atoms with Gasteiger partial charge in [-0.15, -0.1) is 11.3 Å². The molecule has 0 spiro atoms. The van der Waals surface area contributed by atoms with Crippen LogP contribution in [0, 0.1) is 0 Å². The van der Waals surface area contributed by atoms with E-state index >= 15 is 0 Å². The van der Waals surface area contributed by atoms with E-state index in [4.69, 9.17) is 30.5 Å². The lowest BCUT2D eigenvalue weighted by Crippen LogP contribution is -1.88. The van der Waals surface area contributed by atoms with Crippen molar-refractivity contribution in [3.63, 3.8) is 0 Å². The number of nitrogens with zero attached hydrogens (tertiary/aromatic N) is 2. The molecule has 3 aromatic heterocycles. The summed E-state index contributed by atoms with van der Waals surface area (Å²) in [6.45, 7) is 0. The van der Waals surface area contributed by atoms with E-state index < -0.39 is 138 Å². The first-order valence-electron chi connectivity index (χ1n) is 23.0. The van der Waals surface area contributed by atoms with Crippen molar-refractivity contribution >= 4 is 53.6 Å². The summed E-state index contributed by atoms with van der Waals surface area (Å²) < 4.78 is 179. The molecule has 0 fully saturated rings. The molecule has 0 unspecified atom stereocenters. The van der Waals surface area contributed by atoms with Crippen molar-refractivity contribution in [3.8, 4) is 44.6 Å². The topological polar surface area (TPSA) is 38.9 Å². The van der Waals surface area contributed by atoms with Crippen LogP contribution in [0.4, 0.5) is 0 Å². The van der Waals surface area contributed by atoms with Gasteiger partial charge in [-0.1, -0.05) is 109 Å². The number of thiophene rings is 1. The van der Waals surface area contributed by atoms with Crippen molar-refractivity contribution in [2.75, 3.05) is 0 Å². The van der Waals surface area contributed by atoms with Gasteiger partial charge in [-0.3, -0.25) is 0 Å². The summed E-state index contributed by atoms with van der Waals surface area (Å²) >= 11 is 0.779. The highest BCUT2D eigenvalue weighted by atomic mass is 32.1. The minimum absolute atomic E-state index is 0.00581. The molecule has 0 aliphatic rings. The van der Waals surface area contributed by atoms with E-state index in [2.05, 4.69) is 9.97 Å². The predicted octanol–water partition coefficient (Wildman–Crippen LogP) is 11.4. The molecule has 3 nitrogen and oxygen atoms in total. The smallest absolute Gasteiger partial charge is 0.180 e. The summed E-state index contributed by atoms with van der Waals surface area (Å²) in [5, 5.41) is 0.0400. The molecule has 0 atom stereocenters. The van der Waals surface area contributed by atoms with Gasteiger partial charge in [0.1, 0.15) is 23.1 Å². The lowest BCUT2D eigenvalue weighted by Gasteiger charge is -2.07. The summed E-state index contributed by atoms with van der Waals surface area (Å²) in [5.74, 6) is 0. The third-order valence-electron chi connectivity index (χ3n) is 6.96. The number of furan rings is 1. The molecular formula is C40H24N2OS. The zero-order valence-corrected chi connectivity index (χ0v) is 22.8. The normalized spacial score (nSPS) is 18.0. The van der Waals surface area contributed by atoms with Crippen LogP contribution in [0.2, 0.25) is 0 Å². The molecule has 0 N–H and O–H groups in total. The predicted molar refractivity (Wildman–Crippen MR) is 184 cm³/mol. The SMILES string of the molecule is [2H]c1c([2H])c([2H])c(-c2c([2H])c([2H])c([2H])c(-c3ccc4oc5c(-c6c([2H])c([2H])c([2H])c(-c7c([2H])c([2H])c([2H])c8c7sc7c([2H])c([2H])c([2H])c([2H])c78)c6[2H])ncnc5c4c3)c2[2H])c([2H])c1[2H]. The van der Waals surface area contributed by atoms with Crippen LogP contribution in [0.1, 0.15) is 27.4 Å². The van der Waals surface area contributed by atoms with Gasteiger partial charge >= 0.3 is 0 Å². The van der Waals surface area contributed by atoms with Crippen LogP contribution in [0.5, 0.6) is 0 Å². The largest absolute Gasteiger partial charge is 0.452 e. The molecule has 0 bridgehead atoms.